The van der Waals surface area contributed by atoms with E-state index < -0.39 is 5.97 Å². The third-order valence-corrected chi connectivity index (χ3v) is 4.44. The summed E-state index contributed by atoms with van der Waals surface area (Å²) < 4.78 is 0. The fourth-order valence-electron chi connectivity index (χ4n) is 3.29. The van der Waals surface area contributed by atoms with Crippen LogP contribution in [0.5, 0.6) is 0 Å². The van der Waals surface area contributed by atoms with Crippen LogP contribution in [0.25, 0.3) is 10.9 Å². The standard InChI is InChI=1S/C17H21NO2/c1-10(2)12-4-6-16-14(9-12)13-7-11(8-17(19)20)3-5-15(13)18-16/h4,6,9-11,18H,3,5,7-8H2,1-2H3,(H,19,20). The molecule has 0 spiro atoms. The van der Waals surface area contributed by atoms with Crippen LogP contribution in [0.3, 0.4) is 0 Å². The molecule has 0 saturated heterocycles. The summed E-state index contributed by atoms with van der Waals surface area (Å²) in [5, 5.41) is 10.3. The molecule has 1 aromatic heterocycles. The van der Waals surface area contributed by atoms with Crippen molar-refractivity contribution in [1.82, 2.24) is 4.98 Å². The lowest BCUT2D eigenvalue weighted by molar-refractivity contribution is -0.138. The highest BCUT2D eigenvalue weighted by molar-refractivity contribution is 5.86. The van der Waals surface area contributed by atoms with E-state index in [9.17, 15) is 4.79 Å². The van der Waals surface area contributed by atoms with Gasteiger partial charge in [0.1, 0.15) is 0 Å². The first-order chi connectivity index (χ1) is 9.54. The lowest BCUT2D eigenvalue weighted by Crippen LogP contribution is -2.17. The van der Waals surface area contributed by atoms with Crippen LogP contribution in [-0.4, -0.2) is 16.1 Å². The minimum Gasteiger partial charge on any atom is -0.481 e. The Hall–Kier alpha value is -1.77. The molecule has 2 N–H and O–H groups in total. The van der Waals surface area contributed by atoms with Crippen molar-refractivity contribution in [1.29, 1.82) is 0 Å². The van der Waals surface area contributed by atoms with Crippen LogP contribution in [0.1, 0.15) is 49.4 Å². The second kappa shape index (κ2) is 4.97. The molecule has 20 heavy (non-hydrogen) atoms. The van der Waals surface area contributed by atoms with Crippen molar-refractivity contribution in [2.24, 2.45) is 5.92 Å². The Kier molecular flexibility index (Phi) is 3.28. The van der Waals surface area contributed by atoms with Gasteiger partial charge >= 0.3 is 5.97 Å². The molecular formula is C17H21NO2. The minimum atomic E-state index is -0.679. The zero-order valence-corrected chi connectivity index (χ0v) is 12.1. The molecular weight excluding hydrogens is 250 g/mol. The highest BCUT2D eigenvalue weighted by Crippen LogP contribution is 2.34. The molecule has 1 aliphatic rings. The normalized spacial score (nSPS) is 18.4. The number of carbonyl (C=O) groups is 1. The van der Waals surface area contributed by atoms with Crippen molar-refractivity contribution < 1.29 is 9.90 Å². The molecule has 0 bridgehead atoms. The van der Waals surface area contributed by atoms with Crippen LogP contribution < -0.4 is 0 Å². The number of fused-ring (bicyclic) bond motifs is 3. The Balaban J connectivity index is 2.00. The number of hydrogen-bond acceptors (Lipinski definition) is 1. The summed E-state index contributed by atoms with van der Waals surface area (Å²) in [6.07, 6.45) is 3.13. The van der Waals surface area contributed by atoms with Crippen LogP contribution >= 0.6 is 0 Å². The number of nitrogens with one attached hydrogen (secondary N) is 1. The van der Waals surface area contributed by atoms with Crippen LogP contribution in [0, 0.1) is 5.92 Å². The number of aliphatic carboxylic acids is 1. The van der Waals surface area contributed by atoms with Crippen molar-refractivity contribution in [2.45, 2.75) is 45.4 Å². The summed E-state index contributed by atoms with van der Waals surface area (Å²) in [4.78, 5) is 14.4. The molecule has 3 nitrogen and oxygen atoms in total. The summed E-state index contributed by atoms with van der Waals surface area (Å²) in [6, 6.07) is 6.62. The van der Waals surface area contributed by atoms with Gasteiger partial charge in [-0.25, -0.2) is 0 Å². The molecule has 0 fully saturated rings. The van der Waals surface area contributed by atoms with E-state index in [1.54, 1.807) is 0 Å². The van der Waals surface area contributed by atoms with Crippen LogP contribution in [-0.2, 0) is 17.6 Å². The molecule has 1 unspecified atom stereocenters. The van der Waals surface area contributed by atoms with Gasteiger partial charge in [-0.05, 0) is 54.4 Å². The quantitative estimate of drug-likeness (QED) is 0.890. The number of aryl methyl sites for hydroxylation is 1. The lowest BCUT2D eigenvalue weighted by Gasteiger charge is -2.20. The van der Waals surface area contributed by atoms with Gasteiger partial charge < -0.3 is 10.1 Å². The first kappa shape index (κ1) is 13.2. The first-order valence-electron chi connectivity index (χ1n) is 7.39. The number of carboxylic acids is 1. The molecule has 3 rings (SSSR count). The monoisotopic (exact) mass is 271 g/mol. The van der Waals surface area contributed by atoms with Crippen LogP contribution in [0.2, 0.25) is 0 Å². The number of benzene rings is 1. The van der Waals surface area contributed by atoms with Crippen LogP contribution in [0.15, 0.2) is 18.2 Å². The van der Waals surface area contributed by atoms with E-state index in [-0.39, 0.29) is 12.3 Å². The topological polar surface area (TPSA) is 53.1 Å². The SMILES string of the molecule is CC(C)c1ccc2[nH]c3c(c2c1)CC(CC(=O)O)CC3. The van der Waals surface area contributed by atoms with Crippen LogP contribution in [0.4, 0.5) is 0 Å². The van der Waals surface area contributed by atoms with Crippen molar-refractivity contribution in [3.63, 3.8) is 0 Å². The van der Waals surface area contributed by atoms with Gasteiger partial charge in [0.15, 0.2) is 0 Å². The number of H-pyrrole nitrogens is 1. The van der Waals surface area contributed by atoms with Crippen molar-refractivity contribution in [2.75, 3.05) is 0 Å². The average Bonchev–Trinajstić information content (AvgIpc) is 2.75. The maximum Gasteiger partial charge on any atom is 0.303 e. The van der Waals surface area contributed by atoms with Gasteiger partial charge in [0.05, 0.1) is 0 Å². The molecule has 2 aromatic rings. The largest absolute Gasteiger partial charge is 0.481 e. The Morgan fingerprint density at radius 1 is 1.45 bits per heavy atom. The van der Waals surface area contributed by atoms with E-state index in [0.29, 0.717) is 5.92 Å². The Morgan fingerprint density at radius 2 is 2.25 bits per heavy atom. The minimum absolute atomic E-state index is 0.279. The van der Waals surface area contributed by atoms with Crippen molar-refractivity contribution >= 4 is 16.9 Å². The molecule has 0 saturated carbocycles. The molecule has 0 aliphatic heterocycles. The fraction of sp³-hybridized carbons (Fsp3) is 0.471. The molecule has 3 heteroatoms. The third kappa shape index (κ3) is 2.33. The summed E-state index contributed by atoms with van der Waals surface area (Å²) in [6.45, 7) is 4.40. The van der Waals surface area contributed by atoms with Crippen molar-refractivity contribution in [3.8, 4) is 0 Å². The van der Waals surface area contributed by atoms with E-state index in [0.717, 1.165) is 19.3 Å². The van der Waals surface area contributed by atoms with Gasteiger partial charge in [0, 0.05) is 23.0 Å². The van der Waals surface area contributed by atoms with E-state index in [1.165, 1.54) is 27.7 Å². The second-order valence-electron chi connectivity index (χ2n) is 6.25. The number of carboxylic acid groups (broad SMARTS) is 1. The first-order valence-corrected chi connectivity index (χ1v) is 7.39. The molecule has 0 amide bonds. The molecule has 1 aliphatic carbocycles. The molecule has 1 aromatic carbocycles. The van der Waals surface area contributed by atoms with E-state index >= 15 is 0 Å². The zero-order valence-electron chi connectivity index (χ0n) is 12.1. The molecule has 1 atom stereocenters. The van der Waals surface area contributed by atoms with E-state index in [1.807, 2.05) is 0 Å². The second-order valence-corrected chi connectivity index (χ2v) is 6.25. The Labute approximate surface area is 119 Å². The summed E-state index contributed by atoms with van der Waals surface area (Å²) in [5.74, 6) is 0.117. The van der Waals surface area contributed by atoms with Gasteiger partial charge in [0.25, 0.3) is 0 Å². The molecule has 0 radical (unpaired) electrons. The van der Waals surface area contributed by atoms with E-state index in [4.69, 9.17) is 5.11 Å². The lowest BCUT2D eigenvalue weighted by atomic mass is 9.84. The average molecular weight is 271 g/mol. The third-order valence-electron chi connectivity index (χ3n) is 4.44. The van der Waals surface area contributed by atoms with Gasteiger partial charge in [-0.3, -0.25) is 4.79 Å². The maximum absolute atomic E-state index is 10.9. The van der Waals surface area contributed by atoms with Crippen molar-refractivity contribution in [3.05, 3.63) is 35.0 Å². The van der Waals surface area contributed by atoms with Gasteiger partial charge in [-0.2, -0.15) is 0 Å². The molecule has 1 heterocycles. The molecule has 106 valence electrons. The number of hydrogen-bond donors (Lipinski definition) is 2. The highest BCUT2D eigenvalue weighted by atomic mass is 16.4. The predicted molar refractivity (Wildman–Crippen MR) is 80.2 cm³/mol. The fourth-order valence-corrected chi connectivity index (χ4v) is 3.29. The smallest absolute Gasteiger partial charge is 0.303 e. The summed E-state index contributed by atoms with van der Waals surface area (Å²) in [7, 11) is 0. The summed E-state index contributed by atoms with van der Waals surface area (Å²) >= 11 is 0. The summed E-state index contributed by atoms with van der Waals surface area (Å²) in [5.41, 5.74) is 5.19. The van der Waals surface area contributed by atoms with Gasteiger partial charge in [0.2, 0.25) is 0 Å². The predicted octanol–water partition coefficient (Wildman–Crippen LogP) is 3.87. The highest BCUT2D eigenvalue weighted by Gasteiger charge is 2.24. The zero-order chi connectivity index (χ0) is 14.3. The van der Waals surface area contributed by atoms with E-state index in [2.05, 4.69) is 37.0 Å². The number of aromatic nitrogens is 1. The Morgan fingerprint density at radius 3 is 2.95 bits per heavy atom. The Bertz CT molecular complexity index is 654. The van der Waals surface area contributed by atoms with Gasteiger partial charge in [-0.1, -0.05) is 19.9 Å². The number of rotatable bonds is 3. The maximum atomic E-state index is 10.9. The number of aromatic amines is 1. The van der Waals surface area contributed by atoms with Gasteiger partial charge in [-0.15, -0.1) is 0 Å².